The Labute approximate surface area is 162 Å². The van der Waals surface area contributed by atoms with Gasteiger partial charge in [0.05, 0.1) is 12.7 Å². The Balaban J connectivity index is 1.75. The SMILES string of the molecule is COC(=O)c1ccc(C(=O)NC(=S)NNC(=O)CCc2ccccc2)cc1. The van der Waals surface area contributed by atoms with E-state index in [1.165, 1.54) is 31.4 Å². The average Bonchev–Trinajstić information content (AvgIpc) is 2.71. The Morgan fingerprint density at radius 1 is 0.926 bits per heavy atom. The highest BCUT2D eigenvalue weighted by molar-refractivity contribution is 7.80. The van der Waals surface area contributed by atoms with Crippen LogP contribution in [-0.4, -0.2) is 30.0 Å². The first-order valence-corrected chi connectivity index (χ1v) is 8.53. The summed E-state index contributed by atoms with van der Waals surface area (Å²) in [6.45, 7) is 0. The third-order valence-electron chi connectivity index (χ3n) is 3.59. The van der Waals surface area contributed by atoms with Gasteiger partial charge in [-0.25, -0.2) is 4.79 Å². The molecule has 2 amide bonds. The molecule has 0 aliphatic heterocycles. The largest absolute Gasteiger partial charge is 0.465 e. The van der Waals surface area contributed by atoms with Crippen LogP contribution in [0, 0.1) is 0 Å². The number of aryl methyl sites for hydroxylation is 1. The van der Waals surface area contributed by atoms with Gasteiger partial charge in [-0.05, 0) is 48.5 Å². The fourth-order valence-corrected chi connectivity index (χ4v) is 2.32. The summed E-state index contributed by atoms with van der Waals surface area (Å²) in [6, 6.07) is 15.5. The maximum absolute atomic E-state index is 12.1. The van der Waals surface area contributed by atoms with Gasteiger partial charge in [-0.1, -0.05) is 30.3 Å². The van der Waals surface area contributed by atoms with E-state index in [9.17, 15) is 14.4 Å². The topological polar surface area (TPSA) is 96.5 Å². The van der Waals surface area contributed by atoms with Crippen LogP contribution in [0.3, 0.4) is 0 Å². The highest BCUT2D eigenvalue weighted by Gasteiger charge is 2.11. The number of carbonyl (C=O) groups excluding carboxylic acids is 3. The number of thiocarbonyl (C=S) groups is 1. The number of carbonyl (C=O) groups is 3. The summed E-state index contributed by atoms with van der Waals surface area (Å²) in [5.41, 5.74) is 6.61. The zero-order valence-corrected chi connectivity index (χ0v) is 15.5. The van der Waals surface area contributed by atoms with Gasteiger partial charge in [0, 0.05) is 12.0 Å². The summed E-state index contributed by atoms with van der Waals surface area (Å²) >= 11 is 4.98. The molecule has 8 heteroatoms. The fraction of sp³-hybridized carbons (Fsp3) is 0.158. The van der Waals surface area contributed by atoms with Crippen LogP contribution in [0.15, 0.2) is 54.6 Å². The van der Waals surface area contributed by atoms with Crippen LogP contribution in [0.25, 0.3) is 0 Å². The number of rotatable bonds is 5. The molecule has 3 N–H and O–H groups in total. The molecule has 27 heavy (non-hydrogen) atoms. The molecule has 0 saturated heterocycles. The molecule has 0 aromatic heterocycles. The van der Waals surface area contributed by atoms with E-state index < -0.39 is 11.9 Å². The third kappa shape index (κ3) is 6.52. The molecule has 2 aromatic carbocycles. The minimum Gasteiger partial charge on any atom is -0.465 e. The predicted molar refractivity (Wildman–Crippen MR) is 104 cm³/mol. The Bertz CT molecular complexity index is 823. The first kappa shape index (κ1) is 20.1. The molecule has 0 bridgehead atoms. The van der Waals surface area contributed by atoms with Crippen molar-refractivity contribution in [3.05, 3.63) is 71.3 Å². The highest BCUT2D eigenvalue weighted by Crippen LogP contribution is 2.06. The monoisotopic (exact) mass is 385 g/mol. The number of amides is 2. The van der Waals surface area contributed by atoms with Crippen LogP contribution in [0.1, 0.15) is 32.7 Å². The second kappa shape index (κ2) is 10.0. The lowest BCUT2D eigenvalue weighted by Crippen LogP contribution is -2.48. The van der Waals surface area contributed by atoms with E-state index in [0.717, 1.165) is 5.56 Å². The standard InChI is InChI=1S/C19H19N3O4S/c1-26-18(25)15-10-8-14(9-11-15)17(24)20-19(27)22-21-16(23)12-7-13-5-3-2-4-6-13/h2-6,8-11H,7,12H2,1H3,(H,21,23)(H2,20,22,24,27). The lowest BCUT2D eigenvalue weighted by atomic mass is 10.1. The number of benzene rings is 2. The molecule has 0 atom stereocenters. The number of nitrogens with one attached hydrogen (secondary N) is 3. The lowest BCUT2D eigenvalue weighted by Gasteiger charge is -2.11. The maximum atomic E-state index is 12.1. The molecular formula is C19H19N3O4S. The average molecular weight is 385 g/mol. The number of ether oxygens (including phenoxy) is 1. The minimum atomic E-state index is -0.489. The second-order valence-corrected chi connectivity index (χ2v) is 5.92. The molecule has 0 fully saturated rings. The quantitative estimate of drug-likeness (QED) is 0.412. The first-order valence-electron chi connectivity index (χ1n) is 8.12. The van der Waals surface area contributed by atoms with Crippen molar-refractivity contribution in [3.63, 3.8) is 0 Å². The molecule has 2 aromatic rings. The maximum Gasteiger partial charge on any atom is 0.337 e. The van der Waals surface area contributed by atoms with Crippen LogP contribution < -0.4 is 16.2 Å². The Hall–Kier alpha value is -3.26. The molecule has 0 heterocycles. The normalized spacial score (nSPS) is 9.81. The van der Waals surface area contributed by atoms with E-state index in [4.69, 9.17) is 12.2 Å². The van der Waals surface area contributed by atoms with Gasteiger partial charge in [-0.15, -0.1) is 0 Å². The van der Waals surface area contributed by atoms with Crippen molar-refractivity contribution in [3.8, 4) is 0 Å². The van der Waals surface area contributed by atoms with Gasteiger partial charge < -0.3 is 4.74 Å². The predicted octanol–water partition coefficient (Wildman–Crippen LogP) is 1.74. The van der Waals surface area contributed by atoms with Gasteiger partial charge in [0.15, 0.2) is 5.11 Å². The smallest absolute Gasteiger partial charge is 0.337 e. The van der Waals surface area contributed by atoms with E-state index in [1.807, 2.05) is 30.3 Å². The third-order valence-corrected chi connectivity index (χ3v) is 3.80. The molecule has 7 nitrogen and oxygen atoms in total. The summed E-state index contributed by atoms with van der Waals surface area (Å²) < 4.78 is 4.59. The molecular weight excluding hydrogens is 366 g/mol. The number of hydrogen-bond donors (Lipinski definition) is 3. The summed E-state index contributed by atoms with van der Waals surface area (Å²) in [6.07, 6.45) is 0.878. The lowest BCUT2D eigenvalue weighted by molar-refractivity contribution is -0.121. The van der Waals surface area contributed by atoms with Crippen LogP contribution in [-0.2, 0) is 16.0 Å². The van der Waals surface area contributed by atoms with Crippen LogP contribution in [0.4, 0.5) is 0 Å². The number of hydrogen-bond acceptors (Lipinski definition) is 5. The molecule has 140 valence electrons. The van der Waals surface area contributed by atoms with Crippen molar-refractivity contribution in [2.45, 2.75) is 12.8 Å². The summed E-state index contributed by atoms with van der Waals surface area (Å²) in [5, 5.41) is 2.40. The van der Waals surface area contributed by atoms with Gasteiger partial charge in [-0.3, -0.25) is 25.8 Å². The fourth-order valence-electron chi connectivity index (χ4n) is 2.17. The van der Waals surface area contributed by atoms with Gasteiger partial charge in [0.25, 0.3) is 5.91 Å². The summed E-state index contributed by atoms with van der Waals surface area (Å²) in [7, 11) is 1.28. The Kier molecular flexibility index (Phi) is 7.45. The van der Waals surface area contributed by atoms with E-state index in [0.29, 0.717) is 17.5 Å². The summed E-state index contributed by atoms with van der Waals surface area (Å²) in [4.78, 5) is 35.3. The van der Waals surface area contributed by atoms with Crippen molar-refractivity contribution < 1.29 is 19.1 Å². The molecule has 0 radical (unpaired) electrons. The van der Waals surface area contributed by atoms with Crippen molar-refractivity contribution >= 4 is 35.1 Å². The van der Waals surface area contributed by atoms with E-state index in [1.54, 1.807) is 0 Å². The Morgan fingerprint density at radius 2 is 1.56 bits per heavy atom. The molecule has 0 unspecified atom stereocenters. The van der Waals surface area contributed by atoms with Crippen molar-refractivity contribution in [1.82, 2.24) is 16.2 Å². The van der Waals surface area contributed by atoms with Crippen molar-refractivity contribution in [2.24, 2.45) is 0 Å². The zero-order valence-electron chi connectivity index (χ0n) is 14.7. The second-order valence-electron chi connectivity index (χ2n) is 5.51. The van der Waals surface area contributed by atoms with Crippen LogP contribution in [0.5, 0.6) is 0 Å². The zero-order chi connectivity index (χ0) is 19.6. The van der Waals surface area contributed by atoms with E-state index in [2.05, 4.69) is 20.9 Å². The number of hydrazine groups is 1. The molecule has 0 aliphatic carbocycles. The van der Waals surface area contributed by atoms with Gasteiger partial charge in [-0.2, -0.15) is 0 Å². The molecule has 0 spiro atoms. The summed E-state index contributed by atoms with van der Waals surface area (Å²) in [5.74, 6) is -1.21. The number of methoxy groups -OCH3 is 1. The number of esters is 1. The van der Waals surface area contributed by atoms with Gasteiger partial charge >= 0.3 is 5.97 Å². The van der Waals surface area contributed by atoms with Crippen LogP contribution in [0.2, 0.25) is 0 Å². The van der Waals surface area contributed by atoms with Crippen molar-refractivity contribution in [2.75, 3.05) is 7.11 Å². The van der Waals surface area contributed by atoms with Crippen molar-refractivity contribution in [1.29, 1.82) is 0 Å². The van der Waals surface area contributed by atoms with Crippen LogP contribution >= 0.6 is 12.2 Å². The van der Waals surface area contributed by atoms with Gasteiger partial charge in [0.2, 0.25) is 5.91 Å². The molecule has 2 rings (SSSR count). The highest BCUT2D eigenvalue weighted by atomic mass is 32.1. The van der Waals surface area contributed by atoms with Gasteiger partial charge in [0.1, 0.15) is 0 Å². The molecule has 0 aliphatic rings. The minimum absolute atomic E-state index is 0.0369. The molecule has 0 saturated carbocycles. The van der Waals surface area contributed by atoms with E-state index >= 15 is 0 Å². The first-order chi connectivity index (χ1) is 13.0. The Morgan fingerprint density at radius 3 is 2.19 bits per heavy atom. The van der Waals surface area contributed by atoms with E-state index in [-0.39, 0.29) is 17.4 Å².